The summed E-state index contributed by atoms with van der Waals surface area (Å²) < 4.78 is 5.53. The first kappa shape index (κ1) is 15.0. The van der Waals surface area contributed by atoms with Crippen LogP contribution in [-0.4, -0.2) is 24.6 Å². The van der Waals surface area contributed by atoms with Crippen LogP contribution < -0.4 is 15.8 Å². The standard InChI is InChI=1S/C19H26N2O2/c20-16-10-14-2-1-3-15(11-16)19(14)21-18(22)9-12-4-5-17-13(8-12)6-7-23-17/h4-5,8,14-16,19H,1-3,6-7,9-11,20H2,(H,21,22). The van der Waals surface area contributed by atoms with Gasteiger partial charge in [0.05, 0.1) is 13.0 Å². The van der Waals surface area contributed by atoms with Crippen LogP contribution in [0.2, 0.25) is 0 Å². The summed E-state index contributed by atoms with van der Waals surface area (Å²) in [5.41, 5.74) is 8.49. The summed E-state index contributed by atoms with van der Waals surface area (Å²) in [7, 11) is 0. The SMILES string of the molecule is NC1CC2CCCC(C1)C2NC(=O)Cc1ccc2c(c1)CCO2. The molecular weight excluding hydrogens is 288 g/mol. The van der Waals surface area contributed by atoms with E-state index in [-0.39, 0.29) is 5.91 Å². The molecule has 2 saturated carbocycles. The van der Waals surface area contributed by atoms with E-state index in [9.17, 15) is 4.79 Å². The zero-order chi connectivity index (χ0) is 15.8. The maximum Gasteiger partial charge on any atom is 0.224 e. The molecule has 2 aliphatic carbocycles. The van der Waals surface area contributed by atoms with Crippen molar-refractivity contribution in [2.24, 2.45) is 17.6 Å². The van der Waals surface area contributed by atoms with Crippen molar-refractivity contribution in [3.63, 3.8) is 0 Å². The van der Waals surface area contributed by atoms with Crippen LogP contribution in [0.3, 0.4) is 0 Å². The van der Waals surface area contributed by atoms with E-state index in [2.05, 4.69) is 11.4 Å². The summed E-state index contributed by atoms with van der Waals surface area (Å²) >= 11 is 0. The van der Waals surface area contributed by atoms with E-state index in [0.717, 1.165) is 37.2 Å². The summed E-state index contributed by atoms with van der Waals surface area (Å²) in [5.74, 6) is 2.29. The highest BCUT2D eigenvalue weighted by atomic mass is 16.5. The van der Waals surface area contributed by atoms with Crippen molar-refractivity contribution < 1.29 is 9.53 Å². The summed E-state index contributed by atoms with van der Waals surface area (Å²) in [5, 5.41) is 3.33. The highest BCUT2D eigenvalue weighted by molar-refractivity contribution is 5.79. The minimum Gasteiger partial charge on any atom is -0.493 e. The molecule has 2 fully saturated rings. The van der Waals surface area contributed by atoms with Crippen molar-refractivity contribution in [1.29, 1.82) is 0 Å². The molecule has 0 radical (unpaired) electrons. The average molecular weight is 314 g/mol. The largest absolute Gasteiger partial charge is 0.493 e. The second-order valence-electron chi connectivity index (χ2n) is 7.49. The van der Waals surface area contributed by atoms with E-state index < -0.39 is 0 Å². The number of fused-ring (bicyclic) bond motifs is 3. The Bertz CT molecular complexity index is 587. The normalized spacial score (nSPS) is 32.0. The Hall–Kier alpha value is -1.55. The van der Waals surface area contributed by atoms with E-state index in [1.165, 1.54) is 24.8 Å². The van der Waals surface area contributed by atoms with Gasteiger partial charge in [0.25, 0.3) is 0 Å². The number of carbonyl (C=O) groups excluding carboxylic acids is 1. The van der Waals surface area contributed by atoms with Gasteiger partial charge in [-0.05, 0) is 54.7 Å². The van der Waals surface area contributed by atoms with Crippen LogP contribution in [-0.2, 0) is 17.6 Å². The Morgan fingerprint density at radius 1 is 1.26 bits per heavy atom. The topological polar surface area (TPSA) is 64.3 Å². The second kappa shape index (κ2) is 6.16. The lowest BCUT2D eigenvalue weighted by Gasteiger charge is -2.45. The molecule has 1 aliphatic heterocycles. The fourth-order valence-electron chi connectivity index (χ4n) is 4.80. The molecule has 0 aromatic heterocycles. The third-order valence-electron chi connectivity index (χ3n) is 5.82. The molecule has 3 aliphatic rings. The van der Waals surface area contributed by atoms with Gasteiger partial charge in [0.1, 0.15) is 5.75 Å². The van der Waals surface area contributed by atoms with Crippen LogP contribution in [0.5, 0.6) is 5.75 Å². The van der Waals surface area contributed by atoms with Crippen LogP contribution in [0.15, 0.2) is 18.2 Å². The third kappa shape index (κ3) is 3.09. The number of amides is 1. The molecule has 4 nitrogen and oxygen atoms in total. The molecule has 2 atom stereocenters. The van der Waals surface area contributed by atoms with Crippen molar-refractivity contribution in [2.75, 3.05) is 6.61 Å². The lowest BCUT2D eigenvalue weighted by Crippen LogP contribution is -2.54. The number of nitrogens with one attached hydrogen (secondary N) is 1. The summed E-state index contributed by atoms with van der Waals surface area (Å²) in [6.45, 7) is 0.761. The van der Waals surface area contributed by atoms with Crippen LogP contribution in [0.25, 0.3) is 0 Å². The smallest absolute Gasteiger partial charge is 0.224 e. The van der Waals surface area contributed by atoms with E-state index >= 15 is 0 Å². The van der Waals surface area contributed by atoms with Gasteiger partial charge in [-0.1, -0.05) is 18.6 Å². The van der Waals surface area contributed by atoms with Gasteiger partial charge in [-0.15, -0.1) is 0 Å². The monoisotopic (exact) mass is 314 g/mol. The van der Waals surface area contributed by atoms with Crippen LogP contribution in [0.1, 0.15) is 43.2 Å². The molecular formula is C19H26N2O2. The Labute approximate surface area is 137 Å². The highest BCUT2D eigenvalue weighted by Crippen LogP contribution is 2.39. The number of hydrogen-bond acceptors (Lipinski definition) is 3. The zero-order valence-corrected chi connectivity index (χ0v) is 13.6. The Morgan fingerprint density at radius 3 is 2.83 bits per heavy atom. The van der Waals surface area contributed by atoms with Crippen LogP contribution in [0.4, 0.5) is 0 Å². The lowest BCUT2D eigenvalue weighted by atomic mass is 9.67. The number of benzene rings is 1. The molecule has 1 heterocycles. The fourth-order valence-corrected chi connectivity index (χ4v) is 4.80. The van der Waals surface area contributed by atoms with Crippen molar-refractivity contribution in [1.82, 2.24) is 5.32 Å². The highest BCUT2D eigenvalue weighted by Gasteiger charge is 2.39. The van der Waals surface area contributed by atoms with E-state index in [1.54, 1.807) is 0 Å². The second-order valence-corrected chi connectivity index (χ2v) is 7.49. The number of hydrogen-bond donors (Lipinski definition) is 2. The molecule has 124 valence electrons. The Kier molecular flexibility index (Phi) is 4.02. The molecule has 4 rings (SSSR count). The molecule has 1 aromatic rings. The van der Waals surface area contributed by atoms with Crippen molar-refractivity contribution >= 4 is 5.91 Å². The van der Waals surface area contributed by atoms with Crippen molar-refractivity contribution in [2.45, 2.75) is 57.0 Å². The third-order valence-corrected chi connectivity index (χ3v) is 5.82. The van der Waals surface area contributed by atoms with Crippen molar-refractivity contribution in [3.8, 4) is 5.75 Å². The minimum absolute atomic E-state index is 0.154. The number of ether oxygens (including phenoxy) is 1. The van der Waals surface area contributed by atoms with Gasteiger partial charge in [-0.2, -0.15) is 0 Å². The summed E-state index contributed by atoms with van der Waals surface area (Å²) in [4.78, 5) is 12.5. The molecule has 2 bridgehead atoms. The molecule has 0 saturated heterocycles. The zero-order valence-electron chi connectivity index (χ0n) is 13.6. The molecule has 3 N–H and O–H groups in total. The van der Waals surface area contributed by atoms with Gasteiger partial charge in [0, 0.05) is 18.5 Å². The predicted octanol–water partition coefficient (Wildman–Crippen LogP) is 2.19. The molecule has 4 heteroatoms. The van der Waals surface area contributed by atoms with Crippen LogP contribution >= 0.6 is 0 Å². The minimum atomic E-state index is 0.154. The number of nitrogens with two attached hydrogens (primary N) is 1. The quantitative estimate of drug-likeness (QED) is 0.899. The lowest BCUT2D eigenvalue weighted by molar-refractivity contribution is -0.122. The van der Waals surface area contributed by atoms with E-state index in [0.29, 0.717) is 30.3 Å². The molecule has 0 spiro atoms. The Balaban J connectivity index is 1.40. The first-order valence-corrected chi connectivity index (χ1v) is 8.98. The molecule has 23 heavy (non-hydrogen) atoms. The van der Waals surface area contributed by atoms with Gasteiger partial charge < -0.3 is 15.8 Å². The van der Waals surface area contributed by atoms with Crippen LogP contribution in [0, 0.1) is 11.8 Å². The Morgan fingerprint density at radius 2 is 2.04 bits per heavy atom. The maximum atomic E-state index is 12.5. The van der Waals surface area contributed by atoms with Gasteiger partial charge in [-0.3, -0.25) is 4.79 Å². The summed E-state index contributed by atoms with van der Waals surface area (Å²) in [6.07, 6.45) is 7.27. The first-order valence-electron chi connectivity index (χ1n) is 8.98. The average Bonchev–Trinajstić information content (AvgIpc) is 2.95. The van der Waals surface area contributed by atoms with Gasteiger partial charge in [-0.25, -0.2) is 0 Å². The molecule has 1 amide bonds. The first-order chi connectivity index (χ1) is 11.2. The molecule has 2 unspecified atom stereocenters. The number of rotatable bonds is 3. The molecule has 1 aromatic carbocycles. The summed E-state index contributed by atoms with van der Waals surface area (Å²) in [6, 6.07) is 6.81. The maximum absolute atomic E-state index is 12.5. The van der Waals surface area contributed by atoms with E-state index in [1.807, 2.05) is 12.1 Å². The van der Waals surface area contributed by atoms with Crippen molar-refractivity contribution in [3.05, 3.63) is 29.3 Å². The predicted molar refractivity (Wildman–Crippen MR) is 89.3 cm³/mol. The van der Waals surface area contributed by atoms with E-state index in [4.69, 9.17) is 10.5 Å². The number of carbonyl (C=O) groups is 1. The van der Waals surface area contributed by atoms with Gasteiger partial charge in [0.15, 0.2) is 0 Å². The van der Waals surface area contributed by atoms with Gasteiger partial charge in [0.2, 0.25) is 5.91 Å². The fraction of sp³-hybridized carbons (Fsp3) is 0.632. The van der Waals surface area contributed by atoms with Gasteiger partial charge >= 0.3 is 0 Å².